The van der Waals surface area contributed by atoms with E-state index in [2.05, 4.69) is 11.1 Å². The predicted octanol–water partition coefficient (Wildman–Crippen LogP) is 2.69. The Morgan fingerprint density at radius 1 is 1.12 bits per heavy atom. The van der Waals surface area contributed by atoms with E-state index in [-0.39, 0.29) is 0 Å². The highest BCUT2D eigenvalue weighted by Crippen LogP contribution is 2.38. The van der Waals surface area contributed by atoms with Crippen LogP contribution in [-0.4, -0.2) is 19.2 Å². The van der Waals surface area contributed by atoms with E-state index < -0.39 is 0 Å². The van der Waals surface area contributed by atoms with Crippen molar-refractivity contribution in [1.82, 2.24) is 4.98 Å². The first-order chi connectivity index (χ1) is 8.35. The van der Waals surface area contributed by atoms with Crippen molar-refractivity contribution in [3.63, 3.8) is 0 Å². The van der Waals surface area contributed by atoms with Crippen LogP contribution < -0.4 is 14.2 Å². The molecule has 0 spiro atoms. The second-order valence-electron chi connectivity index (χ2n) is 3.21. The van der Waals surface area contributed by atoms with Gasteiger partial charge >= 0.3 is 0 Å². The molecule has 2 rings (SSSR count). The number of benzene rings is 1. The minimum atomic E-state index is 0.554. The van der Waals surface area contributed by atoms with Crippen molar-refractivity contribution >= 4 is 0 Å². The van der Waals surface area contributed by atoms with Crippen LogP contribution in [0.25, 0.3) is 0 Å². The van der Waals surface area contributed by atoms with Gasteiger partial charge in [-0.1, -0.05) is 6.07 Å². The third-order valence-corrected chi connectivity index (χ3v) is 2.17. The summed E-state index contributed by atoms with van der Waals surface area (Å²) < 4.78 is 16.1. The number of hydrogen-bond donors (Lipinski definition) is 0. The Morgan fingerprint density at radius 2 is 1.94 bits per heavy atom. The van der Waals surface area contributed by atoms with Gasteiger partial charge in [0.1, 0.15) is 5.75 Å². The zero-order valence-electron chi connectivity index (χ0n) is 9.64. The number of rotatable bonds is 4. The minimum absolute atomic E-state index is 0.554. The van der Waals surface area contributed by atoms with Crippen LogP contribution >= 0.6 is 0 Å². The van der Waals surface area contributed by atoms with E-state index in [0.29, 0.717) is 23.0 Å². The highest BCUT2D eigenvalue weighted by molar-refractivity contribution is 5.52. The highest BCUT2D eigenvalue weighted by atomic mass is 16.5. The number of ether oxygens (including phenoxy) is 3. The first-order valence-electron chi connectivity index (χ1n) is 5.05. The maximum atomic E-state index is 5.64. The molecule has 0 N–H and O–H groups in total. The topological polar surface area (TPSA) is 40.6 Å². The van der Waals surface area contributed by atoms with Crippen molar-refractivity contribution in [2.24, 2.45) is 0 Å². The van der Waals surface area contributed by atoms with Gasteiger partial charge in [-0.2, -0.15) is 0 Å². The molecule has 0 bridgehead atoms. The van der Waals surface area contributed by atoms with Crippen LogP contribution in [0.15, 0.2) is 36.7 Å². The summed E-state index contributed by atoms with van der Waals surface area (Å²) in [5, 5.41) is 0. The Bertz CT molecular complexity index is 485. The van der Waals surface area contributed by atoms with Crippen LogP contribution in [0.1, 0.15) is 0 Å². The summed E-state index contributed by atoms with van der Waals surface area (Å²) in [6.45, 7) is 0. The van der Waals surface area contributed by atoms with E-state index in [0.717, 1.165) is 0 Å². The quantitative estimate of drug-likeness (QED) is 0.809. The second kappa shape index (κ2) is 5.21. The average molecular weight is 230 g/mol. The van der Waals surface area contributed by atoms with Gasteiger partial charge in [-0.25, -0.2) is 0 Å². The fourth-order valence-electron chi connectivity index (χ4n) is 1.43. The molecule has 0 saturated carbocycles. The van der Waals surface area contributed by atoms with E-state index in [1.54, 1.807) is 44.8 Å². The molecule has 1 aromatic heterocycles. The van der Waals surface area contributed by atoms with Crippen LogP contribution in [0, 0.1) is 6.07 Å². The van der Waals surface area contributed by atoms with Crippen molar-refractivity contribution in [2.45, 2.75) is 0 Å². The molecule has 0 fully saturated rings. The van der Waals surface area contributed by atoms with Crippen LogP contribution in [0.2, 0.25) is 0 Å². The van der Waals surface area contributed by atoms with Gasteiger partial charge < -0.3 is 14.2 Å². The average Bonchev–Trinajstić information content (AvgIpc) is 2.39. The number of para-hydroxylation sites is 1. The van der Waals surface area contributed by atoms with Crippen molar-refractivity contribution in [2.75, 3.05) is 14.2 Å². The lowest BCUT2D eigenvalue weighted by molar-refractivity contribution is 0.336. The molecule has 17 heavy (non-hydrogen) atoms. The Labute approximate surface area is 99.8 Å². The molecule has 0 unspecified atom stereocenters. The third kappa shape index (κ3) is 2.47. The first kappa shape index (κ1) is 11.3. The monoisotopic (exact) mass is 230 g/mol. The van der Waals surface area contributed by atoms with E-state index in [9.17, 15) is 0 Å². The molecular weight excluding hydrogens is 218 g/mol. The number of methoxy groups -OCH3 is 2. The SMILES string of the molecule is COc1cccc(Oc2c[c]cnc2)c1OC. The molecule has 4 nitrogen and oxygen atoms in total. The van der Waals surface area contributed by atoms with Crippen molar-refractivity contribution in [3.05, 3.63) is 42.7 Å². The van der Waals surface area contributed by atoms with E-state index in [1.165, 1.54) is 0 Å². The van der Waals surface area contributed by atoms with Crippen molar-refractivity contribution in [1.29, 1.82) is 0 Å². The van der Waals surface area contributed by atoms with Gasteiger partial charge in [0.15, 0.2) is 11.5 Å². The summed E-state index contributed by atoms with van der Waals surface area (Å²) in [4.78, 5) is 3.93. The van der Waals surface area contributed by atoms with Gasteiger partial charge in [0, 0.05) is 12.3 Å². The summed E-state index contributed by atoms with van der Waals surface area (Å²) in [5.74, 6) is 2.35. The fraction of sp³-hybridized carbons (Fsp3) is 0.154. The molecule has 1 aromatic carbocycles. The lowest BCUT2D eigenvalue weighted by atomic mass is 10.3. The third-order valence-electron chi connectivity index (χ3n) is 2.17. The molecule has 0 aliphatic heterocycles. The molecule has 0 atom stereocenters. The number of hydrogen-bond acceptors (Lipinski definition) is 4. The zero-order chi connectivity index (χ0) is 12.1. The predicted molar refractivity (Wildman–Crippen MR) is 62.7 cm³/mol. The Hall–Kier alpha value is -2.23. The summed E-state index contributed by atoms with van der Waals surface area (Å²) in [6.07, 6.45) is 3.17. The first-order valence-corrected chi connectivity index (χ1v) is 5.05. The standard InChI is InChI=1S/C13H12NO3/c1-15-11-6-3-7-12(13(11)16-2)17-10-5-4-8-14-9-10/h3,5-9H,1-2H3. The van der Waals surface area contributed by atoms with Crippen LogP contribution in [0.5, 0.6) is 23.0 Å². The van der Waals surface area contributed by atoms with Gasteiger partial charge in [0.25, 0.3) is 0 Å². The van der Waals surface area contributed by atoms with Gasteiger partial charge in [0.2, 0.25) is 5.75 Å². The molecular formula is C13H12NO3. The van der Waals surface area contributed by atoms with Crippen LogP contribution in [0.4, 0.5) is 0 Å². The molecule has 0 aliphatic carbocycles. The molecule has 0 amide bonds. The van der Waals surface area contributed by atoms with E-state index in [4.69, 9.17) is 14.2 Å². The van der Waals surface area contributed by atoms with E-state index >= 15 is 0 Å². The van der Waals surface area contributed by atoms with Crippen molar-refractivity contribution < 1.29 is 14.2 Å². The highest BCUT2D eigenvalue weighted by Gasteiger charge is 2.11. The Morgan fingerprint density at radius 3 is 2.59 bits per heavy atom. The minimum Gasteiger partial charge on any atom is -0.493 e. The van der Waals surface area contributed by atoms with Crippen LogP contribution in [-0.2, 0) is 0 Å². The van der Waals surface area contributed by atoms with Gasteiger partial charge in [-0.05, 0) is 18.2 Å². The molecule has 1 heterocycles. The summed E-state index contributed by atoms with van der Waals surface area (Å²) in [7, 11) is 3.15. The molecule has 87 valence electrons. The number of nitrogens with zero attached hydrogens (tertiary/aromatic N) is 1. The maximum Gasteiger partial charge on any atom is 0.203 e. The Balaban J connectivity index is 2.33. The van der Waals surface area contributed by atoms with Crippen LogP contribution in [0.3, 0.4) is 0 Å². The molecule has 2 aromatic rings. The largest absolute Gasteiger partial charge is 0.493 e. The fourth-order valence-corrected chi connectivity index (χ4v) is 1.43. The molecule has 4 heteroatoms. The van der Waals surface area contributed by atoms with Gasteiger partial charge in [0.05, 0.1) is 20.4 Å². The summed E-state index contributed by atoms with van der Waals surface area (Å²) in [6, 6.07) is 9.98. The normalized spacial score (nSPS) is 9.76. The lowest BCUT2D eigenvalue weighted by Gasteiger charge is -2.12. The van der Waals surface area contributed by atoms with Gasteiger partial charge in [-0.15, -0.1) is 0 Å². The second-order valence-corrected chi connectivity index (χ2v) is 3.21. The molecule has 1 radical (unpaired) electrons. The Kier molecular flexibility index (Phi) is 3.45. The maximum absolute atomic E-state index is 5.64. The lowest BCUT2D eigenvalue weighted by Crippen LogP contribution is -1.94. The van der Waals surface area contributed by atoms with Crippen molar-refractivity contribution in [3.8, 4) is 23.0 Å². The zero-order valence-corrected chi connectivity index (χ0v) is 9.64. The summed E-state index contributed by atoms with van der Waals surface area (Å²) in [5.41, 5.74) is 0. The number of pyridine rings is 1. The van der Waals surface area contributed by atoms with Gasteiger partial charge in [-0.3, -0.25) is 4.98 Å². The molecule has 0 aliphatic rings. The molecule has 0 saturated heterocycles. The summed E-state index contributed by atoms with van der Waals surface area (Å²) >= 11 is 0. The van der Waals surface area contributed by atoms with E-state index in [1.807, 2.05) is 6.07 Å². The number of aromatic nitrogens is 1. The smallest absolute Gasteiger partial charge is 0.203 e.